The van der Waals surface area contributed by atoms with E-state index in [-0.39, 0.29) is 12.5 Å². The fourth-order valence-electron chi connectivity index (χ4n) is 2.11. The van der Waals surface area contributed by atoms with Crippen LogP contribution in [-0.4, -0.2) is 53.7 Å². The highest BCUT2D eigenvalue weighted by atomic mass is 16.3. The number of carbonyl (C=O) groups is 1. The molecule has 18 heavy (non-hydrogen) atoms. The number of hydrogen-bond acceptors (Lipinski definition) is 4. The van der Waals surface area contributed by atoms with Crippen LogP contribution in [0.3, 0.4) is 0 Å². The summed E-state index contributed by atoms with van der Waals surface area (Å²) in [7, 11) is 0. The number of anilines is 1. The number of carbonyl (C=O) groups excluding carboxylic acids is 1. The first-order valence-corrected chi connectivity index (χ1v) is 6.36. The standard InChI is InChI=1S/C13H19N3O2/c17-11-3-5-13(18)16-9-7-15(8-10-16)12-4-1-2-6-14-12/h1-2,4,6,17H,3,5,7-11H2. The molecule has 1 amide bonds. The van der Waals surface area contributed by atoms with Crippen molar-refractivity contribution in [2.45, 2.75) is 12.8 Å². The van der Waals surface area contributed by atoms with Crippen molar-refractivity contribution in [3.05, 3.63) is 24.4 Å². The van der Waals surface area contributed by atoms with Gasteiger partial charge in [0.25, 0.3) is 0 Å². The van der Waals surface area contributed by atoms with Crippen molar-refractivity contribution in [1.82, 2.24) is 9.88 Å². The smallest absolute Gasteiger partial charge is 0.222 e. The van der Waals surface area contributed by atoms with E-state index in [0.29, 0.717) is 12.8 Å². The zero-order valence-electron chi connectivity index (χ0n) is 10.5. The number of pyridine rings is 1. The van der Waals surface area contributed by atoms with Gasteiger partial charge in [0.15, 0.2) is 0 Å². The first-order valence-electron chi connectivity index (χ1n) is 6.36. The molecule has 5 nitrogen and oxygen atoms in total. The molecule has 2 heterocycles. The van der Waals surface area contributed by atoms with Crippen LogP contribution in [0.1, 0.15) is 12.8 Å². The highest BCUT2D eigenvalue weighted by Gasteiger charge is 2.21. The number of rotatable bonds is 4. The lowest BCUT2D eigenvalue weighted by molar-refractivity contribution is -0.131. The van der Waals surface area contributed by atoms with E-state index in [2.05, 4.69) is 9.88 Å². The van der Waals surface area contributed by atoms with Gasteiger partial charge in [-0.05, 0) is 18.6 Å². The predicted molar refractivity (Wildman–Crippen MR) is 69.3 cm³/mol. The summed E-state index contributed by atoms with van der Waals surface area (Å²) in [4.78, 5) is 20.2. The quantitative estimate of drug-likeness (QED) is 0.844. The first-order chi connectivity index (χ1) is 8.81. The Morgan fingerprint density at radius 2 is 2.06 bits per heavy atom. The van der Waals surface area contributed by atoms with Crippen molar-refractivity contribution in [3.8, 4) is 0 Å². The molecule has 0 radical (unpaired) electrons. The van der Waals surface area contributed by atoms with Gasteiger partial charge in [0.05, 0.1) is 0 Å². The molecule has 98 valence electrons. The third-order valence-corrected chi connectivity index (χ3v) is 3.15. The highest BCUT2D eigenvalue weighted by molar-refractivity contribution is 5.76. The summed E-state index contributed by atoms with van der Waals surface area (Å²) in [6, 6.07) is 5.86. The van der Waals surface area contributed by atoms with Crippen LogP contribution in [-0.2, 0) is 4.79 Å². The second kappa shape index (κ2) is 6.35. The van der Waals surface area contributed by atoms with Gasteiger partial charge in [-0.2, -0.15) is 0 Å². The molecule has 0 spiro atoms. The minimum Gasteiger partial charge on any atom is -0.396 e. The minimum atomic E-state index is 0.0830. The van der Waals surface area contributed by atoms with E-state index >= 15 is 0 Å². The maximum atomic E-state index is 11.8. The molecule has 1 N–H and O–H groups in total. The Bertz CT molecular complexity index is 375. The Labute approximate surface area is 107 Å². The van der Waals surface area contributed by atoms with Gasteiger partial charge in [-0.3, -0.25) is 4.79 Å². The summed E-state index contributed by atoms with van der Waals surface area (Å²) >= 11 is 0. The Kier molecular flexibility index (Phi) is 4.52. The van der Waals surface area contributed by atoms with E-state index in [4.69, 9.17) is 5.11 Å². The van der Waals surface area contributed by atoms with Crippen LogP contribution in [0.5, 0.6) is 0 Å². The van der Waals surface area contributed by atoms with Gasteiger partial charge in [-0.1, -0.05) is 6.07 Å². The van der Waals surface area contributed by atoms with Crippen LogP contribution in [0.2, 0.25) is 0 Å². The fraction of sp³-hybridized carbons (Fsp3) is 0.538. The molecular weight excluding hydrogens is 230 g/mol. The fourth-order valence-corrected chi connectivity index (χ4v) is 2.11. The number of piperazine rings is 1. The topological polar surface area (TPSA) is 56.7 Å². The van der Waals surface area contributed by atoms with Crippen molar-refractivity contribution in [3.63, 3.8) is 0 Å². The lowest BCUT2D eigenvalue weighted by atomic mass is 10.2. The second-order valence-electron chi connectivity index (χ2n) is 4.38. The van der Waals surface area contributed by atoms with Crippen molar-refractivity contribution < 1.29 is 9.90 Å². The normalized spacial score (nSPS) is 15.8. The molecule has 1 fully saturated rings. The Balaban J connectivity index is 1.83. The van der Waals surface area contributed by atoms with Crippen LogP contribution in [0, 0.1) is 0 Å². The van der Waals surface area contributed by atoms with Crippen molar-refractivity contribution in [2.75, 3.05) is 37.7 Å². The summed E-state index contributed by atoms with van der Waals surface area (Å²) < 4.78 is 0. The van der Waals surface area contributed by atoms with Gasteiger partial charge in [0.1, 0.15) is 5.82 Å². The van der Waals surface area contributed by atoms with Gasteiger partial charge in [0, 0.05) is 45.4 Å². The van der Waals surface area contributed by atoms with Crippen LogP contribution in [0.25, 0.3) is 0 Å². The molecule has 0 unspecified atom stereocenters. The molecule has 1 aliphatic rings. The van der Waals surface area contributed by atoms with Gasteiger partial charge in [-0.25, -0.2) is 4.98 Å². The minimum absolute atomic E-state index is 0.0830. The monoisotopic (exact) mass is 249 g/mol. The maximum absolute atomic E-state index is 11.8. The van der Waals surface area contributed by atoms with E-state index < -0.39 is 0 Å². The average Bonchev–Trinajstić information content (AvgIpc) is 2.46. The van der Waals surface area contributed by atoms with Crippen molar-refractivity contribution in [1.29, 1.82) is 0 Å². The van der Waals surface area contributed by atoms with Crippen molar-refractivity contribution >= 4 is 11.7 Å². The average molecular weight is 249 g/mol. The molecule has 5 heteroatoms. The second-order valence-corrected chi connectivity index (χ2v) is 4.38. The molecule has 1 aromatic rings. The molecule has 0 aromatic carbocycles. The number of hydrogen-bond donors (Lipinski definition) is 1. The van der Waals surface area contributed by atoms with E-state index in [1.165, 1.54) is 0 Å². The molecule has 1 aliphatic heterocycles. The van der Waals surface area contributed by atoms with Crippen LogP contribution in [0.4, 0.5) is 5.82 Å². The van der Waals surface area contributed by atoms with Gasteiger partial charge in [-0.15, -0.1) is 0 Å². The van der Waals surface area contributed by atoms with E-state index in [1.54, 1.807) is 6.20 Å². The number of nitrogens with zero attached hydrogens (tertiary/aromatic N) is 3. The van der Waals surface area contributed by atoms with E-state index in [0.717, 1.165) is 32.0 Å². The lowest BCUT2D eigenvalue weighted by Crippen LogP contribution is -2.49. The zero-order chi connectivity index (χ0) is 12.8. The Morgan fingerprint density at radius 1 is 1.28 bits per heavy atom. The van der Waals surface area contributed by atoms with Gasteiger partial charge < -0.3 is 14.9 Å². The third-order valence-electron chi connectivity index (χ3n) is 3.15. The van der Waals surface area contributed by atoms with Crippen LogP contribution >= 0.6 is 0 Å². The Morgan fingerprint density at radius 3 is 2.67 bits per heavy atom. The molecule has 0 bridgehead atoms. The van der Waals surface area contributed by atoms with Gasteiger partial charge in [0.2, 0.25) is 5.91 Å². The molecule has 1 aromatic heterocycles. The summed E-state index contributed by atoms with van der Waals surface area (Å²) in [5.74, 6) is 1.12. The van der Waals surface area contributed by atoms with E-state index in [9.17, 15) is 4.79 Å². The molecule has 1 saturated heterocycles. The number of aliphatic hydroxyl groups excluding tert-OH is 1. The van der Waals surface area contributed by atoms with Crippen LogP contribution in [0.15, 0.2) is 24.4 Å². The summed E-state index contributed by atoms with van der Waals surface area (Å²) in [6.07, 6.45) is 2.79. The van der Waals surface area contributed by atoms with E-state index in [1.807, 2.05) is 23.1 Å². The summed E-state index contributed by atoms with van der Waals surface area (Å²) in [5.41, 5.74) is 0. The lowest BCUT2D eigenvalue weighted by Gasteiger charge is -2.35. The third kappa shape index (κ3) is 3.20. The first kappa shape index (κ1) is 12.8. The summed E-state index contributed by atoms with van der Waals surface area (Å²) in [6.45, 7) is 3.20. The zero-order valence-corrected chi connectivity index (χ0v) is 10.5. The molecule has 0 saturated carbocycles. The highest BCUT2D eigenvalue weighted by Crippen LogP contribution is 2.13. The summed E-state index contributed by atoms with van der Waals surface area (Å²) in [5, 5.41) is 8.72. The predicted octanol–water partition coefficient (Wildman–Crippen LogP) is 0.503. The molecule has 2 rings (SSSR count). The largest absolute Gasteiger partial charge is 0.396 e. The molecular formula is C13H19N3O2. The number of amides is 1. The Hall–Kier alpha value is -1.62. The SMILES string of the molecule is O=C(CCCO)N1CCN(c2ccccn2)CC1. The molecule has 0 atom stereocenters. The van der Waals surface area contributed by atoms with Gasteiger partial charge >= 0.3 is 0 Å². The molecule has 0 aliphatic carbocycles. The number of aliphatic hydroxyl groups is 1. The number of aromatic nitrogens is 1. The van der Waals surface area contributed by atoms with Crippen LogP contribution < -0.4 is 4.90 Å². The maximum Gasteiger partial charge on any atom is 0.222 e. The van der Waals surface area contributed by atoms with Crippen molar-refractivity contribution in [2.24, 2.45) is 0 Å².